The third-order valence-electron chi connectivity index (χ3n) is 2.62. The molecule has 2 aromatic carbocycles. The minimum absolute atomic E-state index is 0.606. The van der Waals surface area contributed by atoms with Gasteiger partial charge in [0, 0.05) is 5.70 Å². The number of nitrogens with two attached hydrogens (primary N) is 1. The van der Waals surface area contributed by atoms with Crippen molar-refractivity contribution >= 4 is 5.70 Å². The lowest BCUT2D eigenvalue weighted by atomic mass is 10.0. The number of rotatable bonds is 2. The summed E-state index contributed by atoms with van der Waals surface area (Å²) in [5, 5.41) is 0. The fourth-order valence-corrected chi connectivity index (χ4v) is 1.64. The molecular formula is C15H15N. The largest absolute Gasteiger partial charge is 0.399 e. The summed E-state index contributed by atoms with van der Waals surface area (Å²) < 4.78 is 0. The third-order valence-corrected chi connectivity index (χ3v) is 2.62. The van der Waals surface area contributed by atoms with Crippen LogP contribution in [0.25, 0.3) is 16.8 Å². The SMILES string of the molecule is C=C(N)c1cccc(-c2ccc(C)cc2)c1. The van der Waals surface area contributed by atoms with Crippen molar-refractivity contribution in [3.05, 3.63) is 66.2 Å². The highest BCUT2D eigenvalue weighted by molar-refractivity contribution is 5.70. The van der Waals surface area contributed by atoms with Gasteiger partial charge < -0.3 is 5.73 Å². The molecule has 2 aromatic rings. The first-order valence-electron chi connectivity index (χ1n) is 5.28. The van der Waals surface area contributed by atoms with Crippen LogP contribution in [0.5, 0.6) is 0 Å². The average molecular weight is 209 g/mol. The Balaban J connectivity index is 2.44. The van der Waals surface area contributed by atoms with E-state index in [2.05, 4.69) is 49.9 Å². The van der Waals surface area contributed by atoms with Crippen LogP contribution in [-0.4, -0.2) is 0 Å². The molecule has 0 aliphatic carbocycles. The van der Waals surface area contributed by atoms with E-state index in [4.69, 9.17) is 5.73 Å². The van der Waals surface area contributed by atoms with Crippen molar-refractivity contribution in [2.75, 3.05) is 0 Å². The zero-order chi connectivity index (χ0) is 11.5. The molecular weight excluding hydrogens is 194 g/mol. The van der Waals surface area contributed by atoms with E-state index in [0.29, 0.717) is 5.70 Å². The number of aryl methyl sites for hydroxylation is 1. The minimum Gasteiger partial charge on any atom is -0.399 e. The summed E-state index contributed by atoms with van der Waals surface area (Å²) in [7, 11) is 0. The van der Waals surface area contributed by atoms with E-state index in [1.54, 1.807) is 0 Å². The summed E-state index contributed by atoms with van der Waals surface area (Å²) in [5.41, 5.74) is 10.9. The number of benzene rings is 2. The summed E-state index contributed by atoms with van der Waals surface area (Å²) in [6, 6.07) is 16.6. The second kappa shape index (κ2) is 4.23. The van der Waals surface area contributed by atoms with E-state index in [0.717, 1.165) is 5.56 Å². The summed E-state index contributed by atoms with van der Waals surface area (Å²) >= 11 is 0. The molecule has 0 heterocycles. The van der Waals surface area contributed by atoms with Gasteiger partial charge in [-0.05, 0) is 29.7 Å². The van der Waals surface area contributed by atoms with Gasteiger partial charge in [-0.15, -0.1) is 0 Å². The second-order valence-electron chi connectivity index (χ2n) is 3.97. The number of hydrogen-bond acceptors (Lipinski definition) is 1. The monoisotopic (exact) mass is 209 g/mol. The molecule has 0 saturated carbocycles. The first-order valence-corrected chi connectivity index (χ1v) is 5.28. The Morgan fingerprint density at radius 2 is 1.69 bits per heavy atom. The molecule has 1 nitrogen and oxygen atoms in total. The molecule has 0 aromatic heterocycles. The van der Waals surface area contributed by atoms with Gasteiger partial charge in [-0.2, -0.15) is 0 Å². The van der Waals surface area contributed by atoms with Crippen LogP contribution >= 0.6 is 0 Å². The van der Waals surface area contributed by atoms with Crippen molar-refractivity contribution in [1.82, 2.24) is 0 Å². The molecule has 1 heteroatoms. The molecule has 0 atom stereocenters. The molecule has 2 N–H and O–H groups in total. The first kappa shape index (κ1) is 10.5. The second-order valence-corrected chi connectivity index (χ2v) is 3.97. The molecule has 80 valence electrons. The van der Waals surface area contributed by atoms with Crippen LogP contribution in [0.15, 0.2) is 55.1 Å². The maximum absolute atomic E-state index is 5.69. The lowest BCUT2D eigenvalue weighted by Gasteiger charge is -2.05. The van der Waals surface area contributed by atoms with Gasteiger partial charge in [0.25, 0.3) is 0 Å². The Morgan fingerprint density at radius 3 is 2.31 bits per heavy atom. The van der Waals surface area contributed by atoms with E-state index in [1.807, 2.05) is 12.1 Å². The van der Waals surface area contributed by atoms with Crippen LogP contribution in [-0.2, 0) is 0 Å². The molecule has 0 saturated heterocycles. The van der Waals surface area contributed by atoms with E-state index >= 15 is 0 Å². The summed E-state index contributed by atoms with van der Waals surface area (Å²) in [4.78, 5) is 0. The normalized spacial score (nSPS) is 10.1. The van der Waals surface area contributed by atoms with Crippen LogP contribution in [0.1, 0.15) is 11.1 Å². The predicted molar refractivity (Wildman–Crippen MR) is 69.8 cm³/mol. The van der Waals surface area contributed by atoms with Crippen LogP contribution in [0.2, 0.25) is 0 Å². The zero-order valence-corrected chi connectivity index (χ0v) is 9.40. The van der Waals surface area contributed by atoms with Gasteiger partial charge in [0.2, 0.25) is 0 Å². The van der Waals surface area contributed by atoms with Crippen molar-refractivity contribution in [2.24, 2.45) is 5.73 Å². The third kappa shape index (κ3) is 2.14. The molecule has 0 spiro atoms. The Morgan fingerprint density at radius 1 is 1.00 bits per heavy atom. The lowest BCUT2D eigenvalue weighted by molar-refractivity contribution is 1.46. The molecule has 0 radical (unpaired) electrons. The van der Waals surface area contributed by atoms with Crippen molar-refractivity contribution < 1.29 is 0 Å². The minimum atomic E-state index is 0.606. The van der Waals surface area contributed by atoms with Gasteiger partial charge in [0.1, 0.15) is 0 Å². The Labute approximate surface area is 96.2 Å². The molecule has 0 bridgehead atoms. The van der Waals surface area contributed by atoms with E-state index in [1.165, 1.54) is 16.7 Å². The zero-order valence-electron chi connectivity index (χ0n) is 9.40. The molecule has 0 amide bonds. The van der Waals surface area contributed by atoms with Gasteiger partial charge in [-0.25, -0.2) is 0 Å². The molecule has 0 fully saturated rings. The van der Waals surface area contributed by atoms with Crippen LogP contribution in [0.4, 0.5) is 0 Å². The standard InChI is InChI=1S/C15H15N/c1-11-6-8-13(9-7-11)15-5-3-4-14(10-15)12(2)16/h3-10H,2,16H2,1H3. The van der Waals surface area contributed by atoms with E-state index in [-0.39, 0.29) is 0 Å². The van der Waals surface area contributed by atoms with Crippen molar-refractivity contribution in [2.45, 2.75) is 6.92 Å². The molecule has 2 rings (SSSR count). The van der Waals surface area contributed by atoms with Gasteiger partial charge in [-0.3, -0.25) is 0 Å². The van der Waals surface area contributed by atoms with Crippen molar-refractivity contribution in [1.29, 1.82) is 0 Å². The van der Waals surface area contributed by atoms with Crippen LogP contribution in [0, 0.1) is 6.92 Å². The Bertz CT molecular complexity index is 509. The van der Waals surface area contributed by atoms with Gasteiger partial charge >= 0.3 is 0 Å². The molecule has 16 heavy (non-hydrogen) atoms. The maximum atomic E-state index is 5.69. The summed E-state index contributed by atoms with van der Waals surface area (Å²) in [6.07, 6.45) is 0. The highest BCUT2D eigenvalue weighted by Gasteiger charge is 1.99. The molecule has 0 unspecified atom stereocenters. The maximum Gasteiger partial charge on any atom is 0.0314 e. The quantitative estimate of drug-likeness (QED) is 0.803. The van der Waals surface area contributed by atoms with Crippen LogP contribution in [0.3, 0.4) is 0 Å². The predicted octanol–water partition coefficient (Wildman–Crippen LogP) is 3.59. The van der Waals surface area contributed by atoms with Crippen LogP contribution < -0.4 is 5.73 Å². The Hall–Kier alpha value is -2.02. The molecule has 0 aliphatic heterocycles. The Kier molecular flexibility index (Phi) is 2.78. The van der Waals surface area contributed by atoms with Gasteiger partial charge in [-0.1, -0.05) is 54.6 Å². The van der Waals surface area contributed by atoms with Gasteiger partial charge in [0.05, 0.1) is 0 Å². The highest BCUT2D eigenvalue weighted by Crippen LogP contribution is 2.22. The molecule has 0 aliphatic rings. The summed E-state index contributed by atoms with van der Waals surface area (Å²) in [5.74, 6) is 0. The lowest BCUT2D eigenvalue weighted by Crippen LogP contribution is -1.93. The number of hydrogen-bond donors (Lipinski definition) is 1. The van der Waals surface area contributed by atoms with E-state index < -0.39 is 0 Å². The topological polar surface area (TPSA) is 26.0 Å². The first-order chi connectivity index (χ1) is 7.66. The summed E-state index contributed by atoms with van der Waals surface area (Å²) in [6.45, 7) is 5.84. The smallest absolute Gasteiger partial charge is 0.0314 e. The van der Waals surface area contributed by atoms with Crippen molar-refractivity contribution in [3.8, 4) is 11.1 Å². The van der Waals surface area contributed by atoms with E-state index in [9.17, 15) is 0 Å². The average Bonchev–Trinajstić information content (AvgIpc) is 2.30. The van der Waals surface area contributed by atoms with Crippen molar-refractivity contribution in [3.63, 3.8) is 0 Å². The fraction of sp³-hybridized carbons (Fsp3) is 0.0667. The van der Waals surface area contributed by atoms with Gasteiger partial charge in [0.15, 0.2) is 0 Å². The fourth-order valence-electron chi connectivity index (χ4n) is 1.64. The highest BCUT2D eigenvalue weighted by atomic mass is 14.6.